The van der Waals surface area contributed by atoms with E-state index in [4.69, 9.17) is 42.1 Å². The lowest BCUT2D eigenvalue weighted by Gasteiger charge is -2.24. The quantitative estimate of drug-likeness (QED) is 0.601. The van der Waals surface area contributed by atoms with Crippen LogP contribution in [0.25, 0.3) is 11.2 Å². The van der Waals surface area contributed by atoms with Crippen molar-refractivity contribution in [3.63, 3.8) is 0 Å². The van der Waals surface area contributed by atoms with Crippen molar-refractivity contribution in [3.05, 3.63) is 16.8 Å². The van der Waals surface area contributed by atoms with Crippen molar-refractivity contribution in [2.75, 3.05) is 13.7 Å². The van der Waals surface area contributed by atoms with Crippen molar-refractivity contribution in [3.8, 4) is 0 Å². The molecule has 2 aliphatic rings. The van der Waals surface area contributed by atoms with Gasteiger partial charge in [0.2, 0.25) is 5.28 Å². The van der Waals surface area contributed by atoms with Gasteiger partial charge in [-0.2, -0.15) is 4.98 Å². The van der Waals surface area contributed by atoms with Gasteiger partial charge < -0.3 is 18.9 Å². The number of hydrogen-bond donors (Lipinski definition) is 0. The first-order chi connectivity index (χ1) is 11.4. The van der Waals surface area contributed by atoms with Gasteiger partial charge in [-0.1, -0.05) is 11.6 Å². The summed E-state index contributed by atoms with van der Waals surface area (Å²) in [4.78, 5) is 12.4. The molecule has 130 valence electrons. The third kappa shape index (κ3) is 2.58. The Bertz CT molecular complexity index is 783. The van der Waals surface area contributed by atoms with Crippen LogP contribution in [0.2, 0.25) is 10.4 Å². The third-order valence-electron chi connectivity index (χ3n) is 4.08. The molecule has 2 aromatic heterocycles. The van der Waals surface area contributed by atoms with E-state index in [9.17, 15) is 0 Å². The molecule has 0 spiro atoms. The van der Waals surface area contributed by atoms with Crippen LogP contribution >= 0.6 is 23.2 Å². The lowest BCUT2D eigenvalue weighted by Crippen LogP contribution is -2.32. The summed E-state index contributed by atoms with van der Waals surface area (Å²) in [6.45, 7) is 4.13. The highest BCUT2D eigenvalue weighted by Gasteiger charge is 2.56. The number of fused-ring (bicyclic) bond motifs is 2. The van der Waals surface area contributed by atoms with E-state index in [1.165, 1.54) is 0 Å². The molecule has 0 bridgehead atoms. The van der Waals surface area contributed by atoms with Crippen LogP contribution in [-0.4, -0.2) is 57.3 Å². The first-order valence-corrected chi connectivity index (χ1v) is 8.21. The van der Waals surface area contributed by atoms with Crippen molar-refractivity contribution in [1.29, 1.82) is 0 Å². The molecule has 2 aliphatic heterocycles. The van der Waals surface area contributed by atoms with E-state index in [-0.39, 0.29) is 28.7 Å². The molecule has 2 aromatic rings. The smallest absolute Gasteiger partial charge is 0.225 e. The van der Waals surface area contributed by atoms with Crippen LogP contribution in [0, 0.1) is 0 Å². The second-order valence-corrected chi connectivity index (χ2v) is 6.89. The Morgan fingerprint density at radius 1 is 1.25 bits per heavy atom. The molecule has 0 aliphatic carbocycles. The number of aromatic nitrogens is 4. The summed E-state index contributed by atoms with van der Waals surface area (Å²) in [7, 11) is 1.62. The van der Waals surface area contributed by atoms with Crippen molar-refractivity contribution in [2.24, 2.45) is 0 Å². The molecule has 2 fully saturated rings. The zero-order chi connectivity index (χ0) is 17.1. The maximum atomic E-state index is 6.10. The Hall–Kier alpha value is -1.03. The van der Waals surface area contributed by atoms with E-state index in [1.807, 2.05) is 13.8 Å². The predicted octanol–water partition coefficient (Wildman–Crippen LogP) is 2.20. The van der Waals surface area contributed by atoms with Crippen molar-refractivity contribution in [2.45, 2.75) is 44.2 Å². The minimum atomic E-state index is -0.704. The van der Waals surface area contributed by atoms with Crippen LogP contribution in [0.15, 0.2) is 6.33 Å². The Morgan fingerprint density at radius 3 is 2.75 bits per heavy atom. The zero-order valence-electron chi connectivity index (χ0n) is 13.3. The molecule has 0 radical (unpaired) electrons. The lowest BCUT2D eigenvalue weighted by atomic mass is 10.1. The second-order valence-electron chi connectivity index (χ2n) is 6.19. The summed E-state index contributed by atoms with van der Waals surface area (Å²) in [5.41, 5.74) is 0.935. The summed E-state index contributed by atoms with van der Waals surface area (Å²) in [5, 5.41) is 0.233. The van der Waals surface area contributed by atoms with Crippen molar-refractivity contribution >= 4 is 34.4 Å². The molecule has 4 rings (SSSR count). The monoisotopic (exact) mass is 374 g/mol. The highest BCUT2D eigenvalue weighted by atomic mass is 35.5. The normalized spacial score (nSPS) is 31.7. The van der Waals surface area contributed by atoms with Crippen LogP contribution in [0.4, 0.5) is 0 Å². The van der Waals surface area contributed by atoms with Crippen LogP contribution in [-0.2, 0) is 18.9 Å². The largest absolute Gasteiger partial charge is 0.382 e. The lowest BCUT2D eigenvalue weighted by molar-refractivity contribution is -0.200. The van der Waals surface area contributed by atoms with E-state index in [0.29, 0.717) is 17.8 Å². The average molecular weight is 375 g/mol. The Kier molecular flexibility index (Phi) is 3.94. The van der Waals surface area contributed by atoms with Gasteiger partial charge in [0.05, 0.1) is 12.9 Å². The first-order valence-electron chi connectivity index (χ1n) is 7.45. The fourth-order valence-electron chi connectivity index (χ4n) is 3.22. The van der Waals surface area contributed by atoms with Gasteiger partial charge >= 0.3 is 0 Å². The molecule has 0 aromatic carbocycles. The van der Waals surface area contributed by atoms with Gasteiger partial charge in [0.15, 0.2) is 22.8 Å². The molecule has 8 nitrogen and oxygen atoms in total. The van der Waals surface area contributed by atoms with Gasteiger partial charge in [0.1, 0.15) is 23.8 Å². The minimum Gasteiger partial charge on any atom is -0.382 e. The fraction of sp³-hybridized carbons (Fsp3) is 0.643. The molecule has 24 heavy (non-hydrogen) atoms. The van der Waals surface area contributed by atoms with Crippen LogP contribution in [0.5, 0.6) is 0 Å². The molecule has 0 N–H and O–H groups in total. The summed E-state index contributed by atoms with van der Waals surface area (Å²) in [5.74, 6) is -0.704. The molecule has 0 amide bonds. The molecular weight excluding hydrogens is 359 g/mol. The zero-order valence-corrected chi connectivity index (χ0v) is 14.8. The van der Waals surface area contributed by atoms with E-state index in [1.54, 1.807) is 18.0 Å². The number of ether oxygens (including phenoxy) is 4. The number of rotatable bonds is 3. The van der Waals surface area contributed by atoms with Crippen LogP contribution in [0.3, 0.4) is 0 Å². The van der Waals surface area contributed by atoms with Gasteiger partial charge in [-0.3, -0.25) is 4.57 Å². The number of methoxy groups -OCH3 is 1. The van der Waals surface area contributed by atoms with Gasteiger partial charge in [-0.05, 0) is 25.4 Å². The van der Waals surface area contributed by atoms with Gasteiger partial charge in [-0.15, -0.1) is 0 Å². The Morgan fingerprint density at radius 2 is 2.00 bits per heavy atom. The van der Waals surface area contributed by atoms with E-state index in [0.717, 1.165) is 0 Å². The summed E-state index contributed by atoms with van der Waals surface area (Å²) in [6.07, 6.45) is 0.258. The van der Waals surface area contributed by atoms with Crippen molar-refractivity contribution < 1.29 is 18.9 Å². The Balaban J connectivity index is 1.76. The summed E-state index contributed by atoms with van der Waals surface area (Å²) in [6, 6.07) is 0. The maximum Gasteiger partial charge on any atom is 0.225 e. The number of imidazole rings is 1. The van der Waals surface area contributed by atoms with E-state index >= 15 is 0 Å². The highest BCUT2D eigenvalue weighted by Crippen LogP contribution is 2.43. The summed E-state index contributed by atoms with van der Waals surface area (Å²) < 4.78 is 25.1. The number of hydrogen-bond acceptors (Lipinski definition) is 7. The summed E-state index contributed by atoms with van der Waals surface area (Å²) >= 11 is 12.0. The first kappa shape index (κ1) is 16.4. The molecular formula is C14H16Cl2N4O4. The number of halogens is 2. The topological polar surface area (TPSA) is 80.5 Å². The molecule has 4 unspecified atom stereocenters. The van der Waals surface area contributed by atoms with Crippen molar-refractivity contribution in [1.82, 2.24) is 19.5 Å². The molecule has 4 atom stereocenters. The molecule has 10 heteroatoms. The van der Waals surface area contributed by atoms with E-state index in [2.05, 4.69) is 15.0 Å². The fourth-order valence-corrected chi connectivity index (χ4v) is 3.65. The van der Waals surface area contributed by atoms with Crippen LogP contribution < -0.4 is 0 Å². The number of nitrogens with zero attached hydrogens (tertiary/aromatic N) is 4. The maximum absolute atomic E-state index is 6.10. The molecule has 4 heterocycles. The standard InChI is InChI=1S/C14H16Cl2N4O4/c1-14(2)23-8-6(4-21-3)22-12(9(8)24-14)20-5-17-7-10(15)18-13(16)19-11(7)20/h5-6,8-9,12H,4H2,1-3H3. The Labute approximate surface area is 148 Å². The van der Waals surface area contributed by atoms with Gasteiger partial charge in [-0.25, -0.2) is 9.97 Å². The predicted molar refractivity (Wildman–Crippen MR) is 85.0 cm³/mol. The average Bonchev–Trinajstić information content (AvgIpc) is 3.12. The third-order valence-corrected chi connectivity index (χ3v) is 4.51. The highest BCUT2D eigenvalue weighted by molar-refractivity contribution is 6.35. The minimum absolute atomic E-state index is 0.0427. The SMILES string of the molecule is COCC1OC(n2cnc3c(Cl)nc(Cl)nc32)C2OC(C)(C)OC12. The van der Waals surface area contributed by atoms with Gasteiger partial charge in [0, 0.05) is 7.11 Å². The molecule has 0 saturated carbocycles. The van der Waals surface area contributed by atoms with E-state index < -0.39 is 12.0 Å². The second kappa shape index (κ2) is 5.76. The molecule has 2 saturated heterocycles. The van der Waals surface area contributed by atoms with Gasteiger partial charge in [0.25, 0.3) is 0 Å². The van der Waals surface area contributed by atoms with Crippen LogP contribution in [0.1, 0.15) is 20.1 Å².